The molecule has 1 aliphatic carbocycles. The topological polar surface area (TPSA) is 83.0 Å². The first-order valence-electron chi connectivity index (χ1n) is 10.4. The molecule has 1 fully saturated rings. The van der Waals surface area contributed by atoms with Crippen molar-refractivity contribution in [3.63, 3.8) is 0 Å². The number of hydrogen-bond donors (Lipinski definition) is 1. The molecular weight excluding hydrogens is 418 g/mol. The molecule has 1 saturated heterocycles. The summed E-state index contributed by atoms with van der Waals surface area (Å²) in [6, 6.07) is 10.5. The minimum Gasteiger partial charge on any atom is -0.483 e. The van der Waals surface area contributed by atoms with Crippen molar-refractivity contribution in [3.05, 3.63) is 63.9 Å². The first-order chi connectivity index (χ1) is 14.9. The standard InChI is InChI=1S/C22H26ClN3O2.CH2O2/c1-15(2)28-22(27)26-12-10-25(11-13-26)21-19-8-7-18(23)14-17(19)6-5-16-4-3-9-24-20(16)21;2-1-3/h3-4,7-9,14-15,21H,5-6,10-13H2,1-2H3;1H,(H,2,3). The molecule has 1 amide bonds. The van der Waals surface area contributed by atoms with Gasteiger partial charge in [-0.1, -0.05) is 23.7 Å². The molecule has 2 aromatic rings. The van der Waals surface area contributed by atoms with E-state index in [0.717, 1.165) is 36.6 Å². The molecule has 1 N–H and O–H groups in total. The van der Waals surface area contributed by atoms with Gasteiger partial charge in [0, 0.05) is 37.4 Å². The first-order valence-corrected chi connectivity index (χ1v) is 10.8. The van der Waals surface area contributed by atoms with Gasteiger partial charge in [0.1, 0.15) is 0 Å². The molecule has 4 rings (SSSR count). The third-order valence-electron chi connectivity index (χ3n) is 5.52. The molecule has 8 heteroatoms. The summed E-state index contributed by atoms with van der Waals surface area (Å²) in [5.41, 5.74) is 4.99. The molecule has 0 radical (unpaired) electrons. The molecule has 166 valence electrons. The van der Waals surface area contributed by atoms with E-state index in [4.69, 9.17) is 31.2 Å². The monoisotopic (exact) mass is 445 g/mol. The van der Waals surface area contributed by atoms with E-state index >= 15 is 0 Å². The van der Waals surface area contributed by atoms with Crippen LogP contribution in [0.2, 0.25) is 5.02 Å². The average Bonchev–Trinajstić information content (AvgIpc) is 2.90. The van der Waals surface area contributed by atoms with Gasteiger partial charge >= 0.3 is 6.09 Å². The van der Waals surface area contributed by atoms with Gasteiger partial charge in [-0.2, -0.15) is 0 Å². The van der Waals surface area contributed by atoms with Gasteiger partial charge in [-0.05, 0) is 61.6 Å². The number of fused-ring (bicyclic) bond motifs is 2. The zero-order valence-corrected chi connectivity index (χ0v) is 18.6. The molecule has 0 spiro atoms. The number of benzene rings is 1. The zero-order chi connectivity index (χ0) is 22.4. The van der Waals surface area contributed by atoms with Crippen molar-refractivity contribution in [2.24, 2.45) is 0 Å². The number of hydrogen-bond acceptors (Lipinski definition) is 5. The highest BCUT2D eigenvalue weighted by molar-refractivity contribution is 6.30. The zero-order valence-electron chi connectivity index (χ0n) is 17.8. The normalized spacial score (nSPS) is 18.2. The quantitative estimate of drug-likeness (QED) is 0.708. The van der Waals surface area contributed by atoms with Gasteiger partial charge in [-0.3, -0.25) is 14.7 Å². The SMILES string of the molecule is CC(C)OC(=O)N1CCN(C2c3ccc(Cl)cc3CCc3cccnc32)CC1.O=CO. The number of amides is 1. The van der Waals surface area contributed by atoms with Crippen LogP contribution in [0.15, 0.2) is 36.5 Å². The number of piperazine rings is 1. The van der Waals surface area contributed by atoms with E-state index < -0.39 is 0 Å². The number of carboxylic acid groups (broad SMARTS) is 1. The number of carbonyl (C=O) groups excluding carboxylic acids is 1. The minimum atomic E-state index is -0.250. The number of nitrogens with zero attached hydrogens (tertiary/aromatic N) is 3. The molecule has 2 aliphatic rings. The van der Waals surface area contributed by atoms with Crippen molar-refractivity contribution in [2.45, 2.75) is 38.8 Å². The van der Waals surface area contributed by atoms with E-state index in [-0.39, 0.29) is 24.7 Å². The van der Waals surface area contributed by atoms with Gasteiger partial charge in [-0.15, -0.1) is 0 Å². The Bertz CT molecular complexity index is 913. The number of aromatic nitrogens is 1. The Labute approximate surface area is 187 Å². The molecule has 31 heavy (non-hydrogen) atoms. The van der Waals surface area contributed by atoms with E-state index in [1.54, 1.807) is 4.90 Å². The fourth-order valence-electron chi connectivity index (χ4n) is 4.19. The Kier molecular flexibility index (Phi) is 7.87. The summed E-state index contributed by atoms with van der Waals surface area (Å²) in [7, 11) is 0. The lowest BCUT2D eigenvalue weighted by atomic mass is 9.96. The second-order valence-corrected chi connectivity index (χ2v) is 8.29. The number of pyridine rings is 1. The molecule has 1 aliphatic heterocycles. The summed E-state index contributed by atoms with van der Waals surface area (Å²) < 4.78 is 5.36. The van der Waals surface area contributed by atoms with E-state index in [2.05, 4.69) is 23.1 Å². The maximum atomic E-state index is 12.2. The Balaban J connectivity index is 0.000000858. The molecule has 1 aromatic heterocycles. The van der Waals surface area contributed by atoms with E-state index in [9.17, 15) is 4.79 Å². The van der Waals surface area contributed by atoms with E-state index in [0.29, 0.717) is 13.1 Å². The second kappa shape index (κ2) is 10.6. The summed E-state index contributed by atoms with van der Waals surface area (Å²) >= 11 is 6.28. The fraction of sp³-hybridized carbons (Fsp3) is 0.435. The third-order valence-corrected chi connectivity index (χ3v) is 5.76. The number of rotatable bonds is 2. The Morgan fingerprint density at radius 3 is 2.55 bits per heavy atom. The maximum absolute atomic E-state index is 12.2. The molecular formula is C23H28ClN3O4. The summed E-state index contributed by atoms with van der Waals surface area (Å²) in [5.74, 6) is 0. The van der Waals surface area contributed by atoms with Crippen LogP contribution in [-0.4, -0.2) is 64.7 Å². The molecule has 0 bridgehead atoms. The van der Waals surface area contributed by atoms with Crippen LogP contribution >= 0.6 is 11.6 Å². The first kappa shape index (κ1) is 23.0. The van der Waals surface area contributed by atoms with Crippen LogP contribution in [0.4, 0.5) is 4.79 Å². The predicted octanol–water partition coefficient (Wildman–Crippen LogP) is 3.79. The number of carbonyl (C=O) groups is 2. The number of aryl methyl sites for hydroxylation is 2. The van der Waals surface area contributed by atoms with Crippen LogP contribution < -0.4 is 0 Å². The Morgan fingerprint density at radius 1 is 1.19 bits per heavy atom. The van der Waals surface area contributed by atoms with Crippen molar-refractivity contribution in [3.8, 4) is 0 Å². The highest BCUT2D eigenvalue weighted by atomic mass is 35.5. The van der Waals surface area contributed by atoms with Crippen LogP contribution in [0.3, 0.4) is 0 Å². The van der Waals surface area contributed by atoms with Gasteiger partial charge in [-0.25, -0.2) is 4.79 Å². The minimum absolute atomic E-state index is 0.0919. The smallest absolute Gasteiger partial charge is 0.410 e. The molecule has 1 aromatic carbocycles. The lowest BCUT2D eigenvalue weighted by Gasteiger charge is -2.39. The molecule has 1 atom stereocenters. The summed E-state index contributed by atoms with van der Waals surface area (Å²) in [6.45, 7) is 6.40. The van der Waals surface area contributed by atoms with Gasteiger partial charge in [0.05, 0.1) is 17.8 Å². The molecule has 0 saturated carbocycles. The summed E-state index contributed by atoms with van der Waals surface area (Å²) in [5, 5.41) is 7.66. The van der Waals surface area contributed by atoms with Gasteiger partial charge < -0.3 is 14.7 Å². The van der Waals surface area contributed by atoms with Crippen LogP contribution in [-0.2, 0) is 22.4 Å². The predicted molar refractivity (Wildman–Crippen MR) is 118 cm³/mol. The molecule has 1 unspecified atom stereocenters. The number of halogens is 1. The van der Waals surface area contributed by atoms with Crippen LogP contribution in [0.1, 0.15) is 42.3 Å². The lowest BCUT2D eigenvalue weighted by Crippen LogP contribution is -2.50. The molecule has 7 nitrogen and oxygen atoms in total. The van der Waals surface area contributed by atoms with Crippen molar-refractivity contribution < 1.29 is 19.4 Å². The number of ether oxygens (including phenoxy) is 1. The highest BCUT2D eigenvalue weighted by Crippen LogP contribution is 2.37. The van der Waals surface area contributed by atoms with Crippen LogP contribution in [0, 0.1) is 0 Å². The highest BCUT2D eigenvalue weighted by Gasteiger charge is 2.33. The lowest BCUT2D eigenvalue weighted by molar-refractivity contribution is -0.122. The summed E-state index contributed by atoms with van der Waals surface area (Å²) in [6.07, 6.45) is 3.49. The van der Waals surface area contributed by atoms with Crippen molar-refractivity contribution >= 4 is 24.2 Å². The molecule has 2 heterocycles. The Morgan fingerprint density at radius 2 is 1.87 bits per heavy atom. The van der Waals surface area contributed by atoms with Gasteiger partial charge in [0.25, 0.3) is 6.47 Å². The Hall–Kier alpha value is -2.64. The van der Waals surface area contributed by atoms with Crippen molar-refractivity contribution in [1.82, 2.24) is 14.8 Å². The van der Waals surface area contributed by atoms with Gasteiger partial charge in [0.2, 0.25) is 0 Å². The largest absolute Gasteiger partial charge is 0.483 e. The maximum Gasteiger partial charge on any atom is 0.410 e. The van der Waals surface area contributed by atoms with Crippen molar-refractivity contribution in [1.29, 1.82) is 0 Å². The summed E-state index contributed by atoms with van der Waals surface area (Å²) in [4.78, 5) is 29.6. The second-order valence-electron chi connectivity index (χ2n) is 7.85. The average molecular weight is 446 g/mol. The van der Waals surface area contributed by atoms with E-state index in [1.165, 1.54) is 16.7 Å². The van der Waals surface area contributed by atoms with Crippen molar-refractivity contribution in [2.75, 3.05) is 26.2 Å². The van der Waals surface area contributed by atoms with Crippen LogP contribution in [0.25, 0.3) is 0 Å². The van der Waals surface area contributed by atoms with E-state index in [1.807, 2.05) is 32.2 Å². The van der Waals surface area contributed by atoms with Gasteiger partial charge in [0.15, 0.2) is 0 Å². The van der Waals surface area contributed by atoms with Crippen LogP contribution in [0.5, 0.6) is 0 Å². The third kappa shape index (κ3) is 5.54. The fourth-order valence-corrected chi connectivity index (χ4v) is 4.39.